The Bertz CT molecular complexity index is 174. The molecule has 0 rings (SSSR count). The first-order chi connectivity index (χ1) is 7.11. The van der Waals surface area contributed by atoms with Crippen molar-refractivity contribution in [2.45, 2.75) is 39.7 Å². The first-order valence-corrected chi connectivity index (χ1v) is 5.69. The summed E-state index contributed by atoms with van der Waals surface area (Å²) >= 11 is 0. The summed E-state index contributed by atoms with van der Waals surface area (Å²) in [4.78, 5) is 11.4. The number of nitrogens with one attached hydrogen (secondary N) is 1. The molecule has 15 heavy (non-hydrogen) atoms. The van der Waals surface area contributed by atoms with Crippen molar-refractivity contribution in [3.63, 3.8) is 0 Å². The number of carbonyl (C=O) groups is 1. The second-order valence-electron chi connectivity index (χ2n) is 3.87. The summed E-state index contributed by atoms with van der Waals surface area (Å²) in [5.74, 6) is 0.406. The van der Waals surface area contributed by atoms with E-state index < -0.39 is 0 Å². The number of rotatable bonds is 8. The predicted octanol–water partition coefficient (Wildman–Crippen LogP) is 0.903. The lowest BCUT2D eigenvalue weighted by Gasteiger charge is -2.19. The van der Waals surface area contributed by atoms with E-state index in [-0.39, 0.29) is 11.9 Å². The van der Waals surface area contributed by atoms with Gasteiger partial charge in [-0.3, -0.25) is 4.79 Å². The largest absolute Gasteiger partial charge is 0.382 e. The Labute approximate surface area is 92.6 Å². The first kappa shape index (κ1) is 14.4. The van der Waals surface area contributed by atoms with Crippen LogP contribution in [0.3, 0.4) is 0 Å². The average molecular weight is 216 g/mol. The van der Waals surface area contributed by atoms with Gasteiger partial charge in [-0.1, -0.05) is 6.92 Å². The van der Waals surface area contributed by atoms with Crippen LogP contribution in [0.1, 0.15) is 33.6 Å². The molecular formula is C11H24N2O2. The predicted molar refractivity (Wildman–Crippen MR) is 61.6 cm³/mol. The van der Waals surface area contributed by atoms with Crippen molar-refractivity contribution in [2.75, 3.05) is 19.8 Å². The maximum Gasteiger partial charge on any atom is 0.220 e. The van der Waals surface area contributed by atoms with Gasteiger partial charge in [-0.05, 0) is 32.7 Å². The fraction of sp³-hybridized carbons (Fsp3) is 0.909. The fourth-order valence-corrected chi connectivity index (χ4v) is 1.15. The van der Waals surface area contributed by atoms with Crippen LogP contribution in [0, 0.1) is 5.92 Å². The lowest BCUT2D eigenvalue weighted by Crippen LogP contribution is -2.39. The number of hydrogen-bond donors (Lipinski definition) is 2. The second-order valence-corrected chi connectivity index (χ2v) is 3.87. The first-order valence-electron chi connectivity index (χ1n) is 5.69. The zero-order valence-electron chi connectivity index (χ0n) is 10.1. The van der Waals surface area contributed by atoms with Crippen molar-refractivity contribution >= 4 is 5.91 Å². The van der Waals surface area contributed by atoms with Crippen molar-refractivity contribution in [1.29, 1.82) is 0 Å². The Morgan fingerprint density at radius 2 is 2.13 bits per heavy atom. The molecule has 4 nitrogen and oxygen atoms in total. The van der Waals surface area contributed by atoms with Crippen molar-refractivity contribution in [3.8, 4) is 0 Å². The van der Waals surface area contributed by atoms with E-state index >= 15 is 0 Å². The maximum absolute atomic E-state index is 11.4. The van der Waals surface area contributed by atoms with E-state index in [9.17, 15) is 4.79 Å². The van der Waals surface area contributed by atoms with Gasteiger partial charge in [-0.15, -0.1) is 0 Å². The van der Waals surface area contributed by atoms with E-state index in [1.54, 1.807) is 0 Å². The van der Waals surface area contributed by atoms with Crippen LogP contribution < -0.4 is 11.1 Å². The van der Waals surface area contributed by atoms with Gasteiger partial charge >= 0.3 is 0 Å². The van der Waals surface area contributed by atoms with E-state index in [2.05, 4.69) is 5.32 Å². The SMILES string of the molecule is CCOCCCC(=O)NC(C)C(C)CN. The molecule has 4 heteroatoms. The van der Waals surface area contributed by atoms with Crippen LogP contribution >= 0.6 is 0 Å². The van der Waals surface area contributed by atoms with E-state index in [0.717, 1.165) is 6.42 Å². The molecule has 0 radical (unpaired) electrons. The Morgan fingerprint density at radius 1 is 1.47 bits per heavy atom. The molecule has 0 aliphatic rings. The minimum absolute atomic E-state index is 0.0857. The van der Waals surface area contributed by atoms with Gasteiger partial charge < -0.3 is 15.8 Å². The molecular weight excluding hydrogens is 192 g/mol. The smallest absolute Gasteiger partial charge is 0.220 e. The Hall–Kier alpha value is -0.610. The highest BCUT2D eigenvalue weighted by atomic mass is 16.5. The van der Waals surface area contributed by atoms with E-state index in [1.165, 1.54) is 0 Å². The number of hydrogen-bond acceptors (Lipinski definition) is 3. The van der Waals surface area contributed by atoms with Crippen LogP contribution in [-0.2, 0) is 9.53 Å². The fourth-order valence-electron chi connectivity index (χ4n) is 1.15. The van der Waals surface area contributed by atoms with Gasteiger partial charge in [0.15, 0.2) is 0 Å². The third kappa shape index (κ3) is 7.33. The van der Waals surface area contributed by atoms with E-state index in [0.29, 0.717) is 32.1 Å². The third-order valence-corrected chi connectivity index (χ3v) is 2.51. The van der Waals surface area contributed by atoms with Crippen molar-refractivity contribution in [3.05, 3.63) is 0 Å². The highest BCUT2D eigenvalue weighted by Gasteiger charge is 2.12. The molecule has 0 aromatic heterocycles. The zero-order chi connectivity index (χ0) is 11.7. The van der Waals surface area contributed by atoms with Gasteiger partial charge in [-0.25, -0.2) is 0 Å². The van der Waals surface area contributed by atoms with E-state index in [1.807, 2.05) is 20.8 Å². The normalized spacial score (nSPS) is 14.7. The number of nitrogens with two attached hydrogens (primary N) is 1. The summed E-state index contributed by atoms with van der Waals surface area (Å²) in [5, 5.41) is 2.93. The lowest BCUT2D eigenvalue weighted by molar-refractivity contribution is -0.122. The molecule has 0 spiro atoms. The van der Waals surface area contributed by atoms with Crippen LogP contribution in [0.25, 0.3) is 0 Å². The monoisotopic (exact) mass is 216 g/mol. The van der Waals surface area contributed by atoms with Crippen LogP contribution in [-0.4, -0.2) is 31.7 Å². The maximum atomic E-state index is 11.4. The number of amides is 1. The number of ether oxygens (including phenoxy) is 1. The molecule has 0 saturated carbocycles. The Morgan fingerprint density at radius 3 is 2.67 bits per heavy atom. The summed E-state index contributed by atoms with van der Waals surface area (Å²) in [5.41, 5.74) is 5.52. The highest BCUT2D eigenvalue weighted by molar-refractivity contribution is 5.76. The van der Waals surface area contributed by atoms with Crippen LogP contribution in [0.15, 0.2) is 0 Å². The van der Waals surface area contributed by atoms with Crippen LogP contribution in [0.2, 0.25) is 0 Å². The van der Waals surface area contributed by atoms with Gasteiger partial charge in [-0.2, -0.15) is 0 Å². The van der Waals surface area contributed by atoms with Crippen LogP contribution in [0.5, 0.6) is 0 Å². The van der Waals surface area contributed by atoms with Crippen molar-refractivity contribution < 1.29 is 9.53 Å². The topological polar surface area (TPSA) is 64.3 Å². The molecule has 0 aromatic carbocycles. The molecule has 2 atom stereocenters. The standard InChI is InChI=1S/C11H24N2O2/c1-4-15-7-5-6-11(14)13-10(3)9(2)8-12/h9-10H,4-8,12H2,1-3H3,(H,13,14). The van der Waals surface area contributed by atoms with Gasteiger partial charge in [0, 0.05) is 25.7 Å². The van der Waals surface area contributed by atoms with E-state index in [4.69, 9.17) is 10.5 Å². The molecule has 0 bridgehead atoms. The molecule has 0 heterocycles. The quantitative estimate of drug-likeness (QED) is 0.593. The summed E-state index contributed by atoms with van der Waals surface area (Å²) < 4.78 is 5.16. The molecule has 1 amide bonds. The van der Waals surface area contributed by atoms with Crippen LogP contribution in [0.4, 0.5) is 0 Å². The Balaban J connectivity index is 3.55. The van der Waals surface area contributed by atoms with Crippen molar-refractivity contribution in [2.24, 2.45) is 11.7 Å². The molecule has 0 aliphatic carbocycles. The third-order valence-electron chi connectivity index (χ3n) is 2.51. The lowest BCUT2D eigenvalue weighted by atomic mass is 10.0. The highest BCUT2D eigenvalue weighted by Crippen LogP contribution is 2.00. The summed E-state index contributed by atoms with van der Waals surface area (Å²) in [6.45, 7) is 7.93. The second kappa shape index (κ2) is 8.68. The minimum Gasteiger partial charge on any atom is -0.382 e. The molecule has 0 aliphatic heterocycles. The van der Waals surface area contributed by atoms with Gasteiger partial charge in [0.1, 0.15) is 0 Å². The van der Waals surface area contributed by atoms with Gasteiger partial charge in [0.2, 0.25) is 5.91 Å². The van der Waals surface area contributed by atoms with Crippen molar-refractivity contribution in [1.82, 2.24) is 5.32 Å². The van der Waals surface area contributed by atoms with Gasteiger partial charge in [0.25, 0.3) is 0 Å². The minimum atomic E-state index is 0.0857. The molecule has 2 unspecified atom stereocenters. The molecule has 3 N–H and O–H groups in total. The van der Waals surface area contributed by atoms with Gasteiger partial charge in [0.05, 0.1) is 0 Å². The number of carbonyl (C=O) groups excluding carboxylic acids is 1. The summed E-state index contributed by atoms with van der Waals surface area (Å²) in [6, 6.07) is 0.148. The molecule has 0 fully saturated rings. The molecule has 90 valence electrons. The molecule has 0 saturated heterocycles. The summed E-state index contributed by atoms with van der Waals surface area (Å²) in [7, 11) is 0. The Kier molecular flexibility index (Phi) is 8.33. The zero-order valence-corrected chi connectivity index (χ0v) is 10.1. The average Bonchev–Trinajstić information content (AvgIpc) is 2.23. The molecule has 0 aromatic rings. The summed E-state index contributed by atoms with van der Waals surface area (Å²) in [6.07, 6.45) is 1.31.